The molecule has 0 radical (unpaired) electrons. The number of hydrogen-bond acceptors (Lipinski definition) is 2. The molecule has 1 aliphatic heterocycles. The number of amides is 1. The molecule has 3 nitrogen and oxygen atoms in total. The molecular weight excluding hydrogens is 369 g/mol. The minimum absolute atomic E-state index is 0.0683. The molecule has 0 saturated carbocycles. The number of halogens is 2. The van der Waals surface area contributed by atoms with Gasteiger partial charge in [-0.25, -0.2) is 0 Å². The van der Waals surface area contributed by atoms with Crippen molar-refractivity contribution in [3.8, 4) is 0 Å². The molecular formula is C21H21Cl2NO2. The quantitative estimate of drug-likeness (QED) is 0.657. The normalized spacial score (nSPS) is 17.3. The zero-order valence-corrected chi connectivity index (χ0v) is 16.1. The standard InChI is InChI=1S/C21H21Cl2NO2/c1-3-6-14(13-9-10-17(22)18(23)12-13)15-7-5-8-16-19(15)21(26)24(11-4-2)20(16)25/h3,5,7-10,12,14,21,26H,1,4,6,11H2,2H3. The van der Waals surface area contributed by atoms with E-state index in [0.717, 1.165) is 17.5 Å². The molecule has 1 amide bonds. The lowest BCUT2D eigenvalue weighted by molar-refractivity contribution is 0.0173. The number of aliphatic hydroxyl groups excluding tert-OH is 1. The van der Waals surface area contributed by atoms with E-state index >= 15 is 0 Å². The van der Waals surface area contributed by atoms with Crippen molar-refractivity contribution in [2.75, 3.05) is 6.54 Å². The van der Waals surface area contributed by atoms with Crippen molar-refractivity contribution >= 4 is 29.1 Å². The van der Waals surface area contributed by atoms with Gasteiger partial charge in [-0.2, -0.15) is 0 Å². The number of nitrogens with zero attached hydrogens (tertiary/aromatic N) is 1. The summed E-state index contributed by atoms with van der Waals surface area (Å²) in [7, 11) is 0. The summed E-state index contributed by atoms with van der Waals surface area (Å²) >= 11 is 12.3. The summed E-state index contributed by atoms with van der Waals surface area (Å²) in [5.41, 5.74) is 3.14. The maximum atomic E-state index is 12.7. The van der Waals surface area contributed by atoms with Crippen molar-refractivity contribution in [3.05, 3.63) is 81.4 Å². The van der Waals surface area contributed by atoms with Crippen molar-refractivity contribution in [2.24, 2.45) is 0 Å². The zero-order chi connectivity index (χ0) is 18.8. The molecule has 5 heteroatoms. The van der Waals surface area contributed by atoms with Gasteiger partial charge in [-0.1, -0.05) is 54.4 Å². The second-order valence-corrected chi connectivity index (χ2v) is 7.25. The van der Waals surface area contributed by atoms with Crippen LogP contribution in [0.5, 0.6) is 0 Å². The number of allylic oxidation sites excluding steroid dienone is 1. The fourth-order valence-corrected chi connectivity index (χ4v) is 3.89. The fraction of sp³-hybridized carbons (Fsp3) is 0.286. The molecule has 2 aromatic rings. The molecule has 26 heavy (non-hydrogen) atoms. The Morgan fingerprint density at radius 1 is 1.27 bits per heavy atom. The summed E-state index contributed by atoms with van der Waals surface area (Å²) in [6.07, 6.45) is 2.35. The lowest BCUT2D eigenvalue weighted by Gasteiger charge is -2.24. The Morgan fingerprint density at radius 2 is 2.04 bits per heavy atom. The van der Waals surface area contributed by atoms with E-state index in [-0.39, 0.29) is 11.8 Å². The minimum Gasteiger partial charge on any atom is -0.369 e. The second-order valence-electron chi connectivity index (χ2n) is 6.43. The first-order chi connectivity index (χ1) is 12.5. The highest BCUT2D eigenvalue weighted by atomic mass is 35.5. The van der Waals surface area contributed by atoms with Crippen LogP contribution in [-0.2, 0) is 0 Å². The Kier molecular flexibility index (Phi) is 5.71. The van der Waals surface area contributed by atoms with Gasteiger partial charge in [0, 0.05) is 23.6 Å². The lowest BCUT2D eigenvalue weighted by atomic mass is 9.84. The van der Waals surface area contributed by atoms with Crippen LogP contribution in [0.3, 0.4) is 0 Å². The third-order valence-electron chi connectivity index (χ3n) is 4.77. The molecule has 2 unspecified atom stereocenters. The van der Waals surface area contributed by atoms with Crippen molar-refractivity contribution in [1.82, 2.24) is 4.90 Å². The van der Waals surface area contributed by atoms with Crippen LogP contribution in [0.2, 0.25) is 10.0 Å². The van der Waals surface area contributed by atoms with E-state index in [2.05, 4.69) is 6.58 Å². The molecule has 1 N–H and O–H groups in total. The number of fused-ring (bicyclic) bond motifs is 1. The first-order valence-electron chi connectivity index (χ1n) is 8.67. The van der Waals surface area contributed by atoms with E-state index in [1.54, 1.807) is 12.1 Å². The van der Waals surface area contributed by atoms with Crippen LogP contribution in [0.15, 0.2) is 49.1 Å². The first kappa shape index (κ1) is 19.0. The Morgan fingerprint density at radius 3 is 2.69 bits per heavy atom. The smallest absolute Gasteiger partial charge is 0.256 e. The molecule has 0 bridgehead atoms. The summed E-state index contributed by atoms with van der Waals surface area (Å²) in [5, 5.41) is 11.8. The van der Waals surface area contributed by atoms with Crippen molar-refractivity contribution in [2.45, 2.75) is 31.9 Å². The highest BCUT2D eigenvalue weighted by Crippen LogP contribution is 2.41. The molecule has 0 saturated heterocycles. The van der Waals surface area contributed by atoms with Gasteiger partial charge in [-0.15, -0.1) is 6.58 Å². The molecule has 2 aromatic carbocycles. The van der Waals surface area contributed by atoms with Gasteiger partial charge in [0.15, 0.2) is 6.23 Å². The highest BCUT2D eigenvalue weighted by Gasteiger charge is 2.38. The highest BCUT2D eigenvalue weighted by molar-refractivity contribution is 6.42. The van der Waals surface area contributed by atoms with Gasteiger partial charge in [-0.3, -0.25) is 4.79 Å². The number of carbonyl (C=O) groups excluding carboxylic acids is 1. The molecule has 136 valence electrons. The molecule has 1 heterocycles. The summed E-state index contributed by atoms with van der Waals surface area (Å²) in [4.78, 5) is 14.2. The van der Waals surface area contributed by atoms with Gasteiger partial charge in [0.1, 0.15) is 0 Å². The van der Waals surface area contributed by atoms with Crippen LogP contribution in [0.1, 0.15) is 59.0 Å². The zero-order valence-electron chi connectivity index (χ0n) is 14.6. The van der Waals surface area contributed by atoms with Crippen molar-refractivity contribution in [1.29, 1.82) is 0 Å². The van der Waals surface area contributed by atoms with E-state index < -0.39 is 6.23 Å². The maximum absolute atomic E-state index is 12.7. The summed E-state index contributed by atoms with van der Waals surface area (Å²) in [5.74, 6) is -0.191. The third-order valence-corrected chi connectivity index (χ3v) is 5.51. The Balaban J connectivity index is 2.12. The van der Waals surface area contributed by atoms with Crippen LogP contribution in [-0.4, -0.2) is 22.5 Å². The molecule has 0 fully saturated rings. The molecule has 2 atom stereocenters. The average molecular weight is 390 g/mol. The van der Waals surface area contributed by atoms with Crippen LogP contribution >= 0.6 is 23.2 Å². The number of benzene rings is 2. The Labute approximate surface area is 163 Å². The van der Waals surface area contributed by atoms with Gasteiger partial charge >= 0.3 is 0 Å². The molecule has 0 spiro atoms. The predicted octanol–water partition coefficient (Wildman–Crippen LogP) is 5.56. The SMILES string of the molecule is C=CCC(c1ccc(Cl)c(Cl)c1)c1cccc2c1C(O)N(CCC)C2=O. The lowest BCUT2D eigenvalue weighted by Crippen LogP contribution is -2.28. The topological polar surface area (TPSA) is 40.5 Å². The summed E-state index contributed by atoms with van der Waals surface area (Å²) in [6, 6.07) is 11.1. The molecule has 0 aliphatic carbocycles. The second kappa shape index (κ2) is 7.83. The monoisotopic (exact) mass is 389 g/mol. The van der Waals surface area contributed by atoms with Crippen LogP contribution in [0.4, 0.5) is 0 Å². The van der Waals surface area contributed by atoms with E-state index in [1.807, 2.05) is 37.3 Å². The summed E-state index contributed by atoms with van der Waals surface area (Å²) in [6.45, 7) is 6.37. The Bertz CT molecular complexity index is 850. The molecule has 1 aliphatic rings. The first-order valence-corrected chi connectivity index (χ1v) is 9.42. The third kappa shape index (κ3) is 3.27. The van der Waals surface area contributed by atoms with Gasteiger partial charge in [0.05, 0.1) is 10.0 Å². The van der Waals surface area contributed by atoms with Crippen LogP contribution in [0.25, 0.3) is 0 Å². The maximum Gasteiger partial charge on any atom is 0.256 e. The van der Waals surface area contributed by atoms with Gasteiger partial charge in [0.2, 0.25) is 0 Å². The number of carbonyl (C=O) groups is 1. The van der Waals surface area contributed by atoms with Crippen molar-refractivity contribution in [3.63, 3.8) is 0 Å². The number of rotatable bonds is 6. The minimum atomic E-state index is -0.927. The van der Waals surface area contributed by atoms with Gasteiger partial charge in [0.25, 0.3) is 5.91 Å². The van der Waals surface area contributed by atoms with Crippen LogP contribution < -0.4 is 0 Å². The number of hydrogen-bond donors (Lipinski definition) is 1. The van der Waals surface area contributed by atoms with Crippen molar-refractivity contribution < 1.29 is 9.90 Å². The Hall–Kier alpha value is -1.81. The summed E-state index contributed by atoms with van der Waals surface area (Å²) < 4.78 is 0. The van der Waals surface area contributed by atoms with Crippen LogP contribution in [0, 0.1) is 0 Å². The largest absolute Gasteiger partial charge is 0.369 e. The number of aliphatic hydroxyl groups is 1. The van der Waals surface area contributed by atoms with Gasteiger partial charge in [-0.05, 0) is 42.2 Å². The fourth-order valence-electron chi connectivity index (χ4n) is 3.59. The van der Waals surface area contributed by atoms with E-state index in [4.69, 9.17) is 23.2 Å². The van der Waals surface area contributed by atoms with E-state index in [0.29, 0.717) is 34.1 Å². The van der Waals surface area contributed by atoms with E-state index in [9.17, 15) is 9.90 Å². The molecule has 0 aromatic heterocycles. The van der Waals surface area contributed by atoms with Gasteiger partial charge < -0.3 is 10.0 Å². The van der Waals surface area contributed by atoms with E-state index in [1.165, 1.54) is 4.90 Å². The molecule has 3 rings (SSSR count). The predicted molar refractivity (Wildman–Crippen MR) is 106 cm³/mol. The average Bonchev–Trinajstić information content (AvgIpc) is 2.88.